The predicted octanol–water partition coefficient (Wildman–Crippen LogP) is 2.74. The standard InChI is InChI=1S/C16H19FN2O2/c1-10-11(2)21-16(18-10)9-19-8-14(20)7-15(19)12-3-5-13(17)6-4-12/h3-6,14-15,20H,7-9H2,1-2H3/t14-,15+/m1/s1. The lowest BCUT2D eigenvalue weighted by Crippen LogP contribution is -2.24. The lowest BCUT2D eigenvalue weighted by Gasteiger charge is -2.22. The molecule has 1 saturated heterocycles. The van der Waals surface area contributed by atoms with Crippen LogP contribution < -0.4 is 0 Å². The topological polar surface area (TPSA) is 49.5 Å². The van der Waals surface area contributed by atoms with Crippen molar-refractivity contribution in [2.45, 2.75) is 39.0 Å². The Morgan fingerprint density at radius 2 is 2.05 bits per heavy atom. The minimum atomic E-state index is -0.378. The third-order valence-electron chi connectivity index (χ3n) is 4.05. The van der Waals surface area contributed by atoms with Crippen molar-refractivity contribution in [1.29, 1.82) is 0 Å². The number of nitrogens with zero attached hydrogens (tertiary/aromatic N) is 2. The Hall–Kier alpha value is -1.72. The molecule has 0 bridgehead atoms. The van der Waals surface area contributed by atoms with Crippen LogP contribution in [0.25, 0.3) is 0 Å². The lowest BCUT2D eigenvalue weighted by molar-refractivity contribution is 0.167. The SMILES string of the molecule is Cc1nc(CN2C[C@H](O)C[C@H]2c2ccc(F)cc2)oc1C. The van der Waals surface area contributed by atoms with Crippen LogP contribution in [0.3, 0.4) is 0 Å². The molecule has 2 atom stereocenters. The molecule has 1 aliphatic rings. The summed E-state index contributed by atoms with van der Waals surface area (Å²) in [5, 5.41) is 9.96. The fourth-order valence-corrected chi connectivity index (χ4v) is 2.87. The molecule has 0 unspecified atom stereocenters. The van der Waals surface area contributed by atoms with Crippen LogP contribution in [-0.4, -0.2) is 27.6 Å². The molecule has 5 heteroatoms. The van der Waals surface area contributed by atoms with Gasteiger partial charge in [-0.15, -0.1) is 0 Å². The largest absolute Gasteiger partial charge is 0.444 e. The van der Waals surface area contributed by atoms with Crippen molar-refractivity contribution in [3.63, 3.8) is 0 Å². The van der Waals surface area contributed by atoms with E-state index in [0.717, 1.165) is 17.0 Å². The van der Waals surface area contributed by atoms with Gasteiger partial charge in [0.1, 0.15) is 11.6 Å². The van der Waals surface area contributed by atoms with Crippen molar-refractivity contribution < 1.29 is 13.9 Å². The molecule has 0 amide bonds. The van der Waals surface area contributed by atoms with Crippen LogP contribution >= 0.6 is 0 Å². The predicted molar refractivity (Wildman–Crippen MR) is 76.2 cm³/mol. The third-order valence-corrected chi connectivity index (χ3v) is 4.05. The molecule has 1 N–H and O–H groups in total. The van der Waals surface area contributed by atoms with Gasteiger partial charge in [0.25, 0.3) is 0 Å². The fraction of sp³-hybridized carbons (Fsp3) is 0.438. The first-order valence-corrected chi connectivity index (χ1v) is 7.13. The first-order valence-electron chi connectivity index (χ1n) is 7.13. The van der Waals surface area contributed by atoms with Gasteiger partial charge in [0.15, 0.2) is 0 Å². The average Bonchev–Trinajstić information content (AvgIpc) is 2.94. The smallest absolute Gasteiger partial charge is 0.208 e. The number of hydrogen-bond acceptors (Lipinski definition) is 4. The monoisotopic (exact) mass is 290 g/mol. The van der Waals surface area contributed by atoms with Crippen molar-refractivity contribution in [1.82, 2.24) is 9.88 Å². The number of benzene rings is 1. The second kappa shape index (κ2) is 5.58. The van der Waals surface area contributed by atoms with Gasteiger partial charge < -0.3 is 9.52 Å². The van der Waals surface area contributed by atoms with E-state index in [4.69, 9.17) is 4.42 Å². The highest BCUT2D eigenvalue weighted by Crippen LogP contribution is 2.33. The van der Waals surface area contributed by atoms with Gasteiger partial charge in [0.05, 0.1) is 18.3 Å². The summed E-state index contributed by atoms with van der Waals surface area (Å²) in [4.78, 5) is 6.52. The van der Waals surface area contributed by atoms with Gasteiger partial charge >= 0.3 is 0 Å². The second-order valence-corrected chi connectivity index (χ2v) is 5.64. The van der Waals surface area contributed by atoms with Crippen LogP contribution in [-0.2, 0) is 6.54 Å². The molecule has 1 fully saturated rings. The first-order chi connectivity index (χ1) is 10.0. The van der Waals surface area contributed by atoms with E-state index in [1.807, 2.05) is 13.8 Å². The summed E-state index contributed by atoms with van der Waals surface area (Å²) in [6.07, 6.45) is 0.266. The van der Waals surface area contributed by atoms with Gasteiger partial charge in [-0.3, -0.25) is 4.90 Å². The molecule has 0 aliphatic carbocycles. The summed E-state index contributed by atoms with van der Waals surface area (Å²) in [7, 11) is 0. The van der Waals surface area contributed by atoms with Crippen molar-refractivity contribution >= 4 is 0 Å². The van der Waals surface area contributed by atoms with Crippen molar-refractivity contribution in [3.8, 4) is 0 Å². The summed E-state index contributed by atoms with van der Waals surface area (Å²) in [6.45, 7) is 4.93. The van der Waals surface area contributed by atoms with Gasteiger partial charge in [-0.05, 0) is 38.0 Å². The van der Waals surface area contributed by atoms with Crippen molar-refractivity contribution in [3.05, 3.63) is 53.0 Å². The molecule has 0 spiro atoms. The minimum absolute atomic E-state index is 0.0631. The Labute approximate surface area is 123 Å². The lowest BCUT2D eigenvalue weighted by atomic mass is 10.0. The Balaban J connectivity index is 1.80. The van der Waals surface area contributed by atoms with E-state index in [2.05, 4.69) is 9.88 Å². The highest BCUT2D eigenvalue weighted by atomic mass is 19.1. The van der Waals surface area contributed by atoms with E-state index in [9.17, 15) is 9.50 Å². The number of aliphatic hydroxyl groups is 1. The van der Waals surface area contributed by atoms with Gasteiger partial charge in [-0.25, -0.2) is 9.37 Å². The molecule has 0 radical (unpaired) electrons. The summed E-state index contributed by atoms with van der Waals surface area (Å²) >= 11 is 0. The summed E-state index contributed by atoms with van der Waals surface area (Å²) in [5.41, 5.74) is 1.90. The number of hydrogen-bond donors (Lipinski definition) is 1. The van der Waals surface area contributed by atoms with E-state index in [1.165, 1.54) is 12.1 Å². The summed E-state index contributed by atoms with van der Waals surface area (Å²) in [6, 6.07) is 6.52. The van der Waals surface area contributed by atoms with E-state index < -0.39 is 0 Å². The third kappa shape index (κ3) is 2.99. The second-order valence-electron chi connectivity index (χ2n) is 5.64. The molecule has 0 saturated carbocycles. The molecule has 112 valence electrons. The zero-order valence-corrected chi connectivity index (χ0v) is 12.2. The van der Waals surface area contributed by atoms with Crippen LogP contribution in [0.5, 0.6) is 0 Å². The van der Waals surface area contributed by atoms with Crippen LogP contribution in [0.15, 0.2) is 28.7 Å². The highest BCUT2D eigenvalue weighted by molar-refractivity contribution is 5.21. The Morgan fingerprint density at radius 3 is 2.67 bits per heavy atom. The zero-order valence-electron chi connectivity index (χ0n) is 12.2. The number of aryl methyl sites for hydroxylation is 2. The molecule has 4 nitrogen and oxygen atoms in total. The Morgan fingerprint density at radius 1 is 1.33 bits per heavy atom. The molecule has 2 heterocycles. The van der Waals surface area contributed by atoms with Gasteiger partial charge in [-0.1, -0.05) is 12.1 Å². The van der Waals surface area contributed by atoms with Crippen LogP contribution in [0.1, 0.15) is 35.4 Å². The maximum absolute atomic E-state index is 13.1. The van der Waals surface area contributed by atoms with E-state index >= 15 is 0 Å². The minimum Gasteiger partial charge on any atom is -0.444 e. The summed E-state index contributed by atoms with van der Waals surface area (Å²) in [5.74, 6) is 1.23. The molecule has 1 aromatic heterocycles. The van der Waals surface area contributed by atoms with E-state index in [1.54, 1.807) is 12.1 Å². The van der Waals surface area contributed by atoms with Crippen LogP contribution in [0.4, 0.5) is 4.39 Å². The molecule has 3 rings (SSSR count). The maximum atomic E-state index is 13.1. The van der Waals surface area contributed by atoms with Crippen molar-refractivity contribution in [2.24, 2.45) is 0 Å². The Bertz CT molecular complexity index is 604. The molecular weight excluding hydrogens is 271 g/mol. The normalized spacial score (nSPS) is 22.9. The number of rotatable bonds is 3. The summed E-state index contributed by atoms with van der Waals surface area (Å²) < 4.78 is 18.7. The van der Waals surface area contributed by atoms with Crippen LogP contribution in [0.2, 0.25) is 0 Å². The molecule has 1 aliphatic heterocycles. The molecular formula is C16H19FN2O2. The van der Waals surface area contributed by atoms with E-state index in [0.29, 0.717) is 25.4 Å². The molecule has 1 aromatic carbocycles. The van der Waals surface area contributed by atoms with Gasteiger partial charge in [0, 0.05) is 12.6 Å². The maximum Gasteiger partial charge on any atom is 0.208 e. The first kappa shape index (κ1) is 14.2. The number of halogens is 1. The van der Waals surface area contributed by atoms with Gasteiger partial charge in [0.2, 0.25) is 5.89 Å². The zero-order chi connectivity index (χ0) is 15.0. The number of β-amino-alcohol motifs (C(OH)–C–C–N with tert-alkyl or cyclic N) is 1. The number of aliphatic hydroxyl groups excluding tert-OH is 1. The highest BCUT2D eigenvalue weighted by Gasteiger charge is 2.32. The number of likely N-dealkylation sites (tertiary alicyclic amines) is 1. The molecule has 2 aromatic rings. The molecule has 21 heavy (non-hydrogen) atoms. The van der Waals surface area contributed by atoms with Crippen molar-refractivity contribution in [2.75, 3.05) is 6.54 Å². The fourth-order valence-electron chi connectivity index (χ4n) is 2.87. The van der Waals surface area contributed by atoms with Gasteiger partial charge in [-0.2, -0.15) is 0 Å². The Kier molecular flexibility index (Phi) is 3.78. The number of aromatic nitrogens is 1. The quantitative estimate of drug-likeness (QED) is 0.944. The van der Waals surface area contributed by atoms with Crippen LogP contribution in [0, 0.1) is 19.7 Å². The average molecular weight is 290 g/mol. The van der Waals surface area contributed by atoms with E-state index in [-0.39, 0.29) is 18.0 Å². The number of oxazole rings is 1.